The van der Waals surface area contributed by atoms with Crippen LogP contribution in [0.4, 0.5) is 5.69 Å². The molecule has 1 aromatic heterocycles. The fourth-order valence-corrected chi connectivity index (χ4v) is 1.76. The Bertz CT molecular complexity index is 376. The lowest BCUT2D eigenvalue weighted by Crippen LogP contribution is -2.21. The van der Waals surface area contributed by atoms with Gasteiger partial charge in [-0.3, -0.25) is 4.79 Å². The third-order valence-electron chi connectivity index (χ3n) is 1.96. The summed E-state index contributed by atoms with van der Waals surface area (Å²) < 4.78 is 7.29. The van der Waals surface area contributed by atoms with Crippen molar-refractivity contribution in [2.24, 2.45) is 0 Å². The van der Waals surface area contributed by atoms with Gasteiger partial charge >= 0.3 is 0 Å². The van der Waals surface area contributed by atoms with Gasteiger partial charge in [-0.25, -0.2) is 0 Å². The number of nitrogen functional groups attached to an aromatic ring is 1. The maximum atomic E-state index is 11.6. The second-order valence-corrected chi connectivity index (χ2v) is 4.02. The predicted octanol–water partition coefficient (Wildman–Crippen LogP) is 1.62. The van der Waals surface area contributed by atoms with Crippen LogP contribution in [-0.2, 0) is 11.3 Å². The van der Waals surface area contributed by atoms with Crippen molar-refractivity contribution in [2.45, 2.75) is 19.9 Å². The van der Waals surface area contributed by atoms with Crippen LogP contribution in [0.5, 0.6) is 0 Å². The number of halogens is 1. The van der Waals surface area contributed by atoms with Gasteiger partial charge in [-0.1, -0.05) is 0 Å². The van der Waals surface area contributed by atoms with Gasteiger partial charge in [0.15, 0.2) is 0 Å². The minimum absolute atomic E-state index is 0.0549. The normalized spacial score (nSPS) is 10.5. The number of anilines is 1. The molecule has 1 heterocycles. The zero-order valence-electron chi connectivity index (χ0n) is 8.70. The Morgan fingerprint density at radius 2 is 2.33 bits per heavy atom. The zero-order valence-corrected chi connectivity index (χ0v) is 10.3. The molecule has 1 aromatic rings. The highest BCUT2D eigenvalue weighted by atomic mass is 79.9. The van der Waals surface area contributed by atoms with E-state index >= 15 is 0 Å². The van der Waals surface area contributed by atoms with Gasteiger partial charge in [0, 0.05) is 31.6 Å². The predicted molar refractivity (Wildman–Crippen MR) is 63.9 cm³/mol. The Labute approximate surface area is 97.2 Å². The van der Waals surface area contributed by atoms with Gasteiger partial charge < -0.3 is 15.0 Å². The number of hydrogen-bond donors (Lipinski definition) is 1. The summed E-state index contributed by atoms with van der Waals surface area (Å²) in [6.45, 7) is 3.94. The minimum Gasteiger partial charge on any atom is -0.398 e. The Hall–Kier alpha value is -0.810. The lowest BCUT2D eigenvalue weighted by atomic mass is 10.4. The highest BCUT2D eigenvalue weighted by molar-refractivity contribution is 9.10. The van der Waals surface area contributed by atoms with Crippen molar-refractivity contribution in [3.05, 3.63) is 27.1 Å². The van der Waals surface area contributed by atoms with Crippen molar-refractivity contribution in [2.75, 3.05) is 18.9 Å². The number of hydrogen-bond acceptors (Lipinski definition) is 3. The Morgan fingerprint density at radius 1 is 1.60 bits per heavy atom. The van der Waals surface area contributed by atoms with Crippen molar-refractivity contribution in [1.82, 2.24) is 4.57 Å². The third-order valence-corrected chi connectivity index (χ3v) is 2.52. The van der Waals surface area contributed by atoms with E-state index in [2.05, 4.69) is 15.9 Å². The molecule has 0 fully saturated rings. The van der Waals surface area contributed by atoms with Crippen LogP contribution in [0.25, 0.3) is 0 Å². The maximum Gasteiger partial charge on any atom is 0.264 e. The molecule has 84 valence electrons. The topological polar surface area (TPSA) is 57.2 Å². The quantitative estimate of drug-likeness (QED) is 0.831. The smallest absolute Gasteiger partial charge is 0.264 e. The van der Waals surface area contributed by atoms with Crippen LogP contribution >= 0.6 is 15.9 Å². The van der Waals surface area contributed by atoms with E-state index in [0.717, 1.165) is 6.42 Å². The molecule has 1 rings (SSSR count). The van der Waals surface area contributed by atoms with E-state index in [1.807, 2.05) is 6.92 Å². The molecule has 2 N–H and O–H groups in total. The molecule has 0 atom stereocenters. The van der Waals surface area contributed by atoms with Crippen molar-refractivity contribution >= 4 is 21.6 Å². The number of aryl methyl sites for hydroxylation is 1. The number of nitrogens with zero attached hydrogens (tertiary/aromatic N) is 1. The first-order valence-corrected chi connectivity index (χ1v) is 5.67. The van der Waals surface area contributed by atoms with E-state index in [1.165, 1.54) is 0 Å². The van der Waals surface area contributed by atoms with Crippen LogP contribution in [0.2, 0.25) is 0 Å². The summed E-state index contributed by atoms with van der Waals surface area (Å²) in [6.07, 6.45) is 2.46. The summed E-state index contributed by atoms with van der Waals surface area (Å²) in [5, 5.41) is 0. The van der Waals surface area contributed by atoms with E-state index in [-0.39, 0.29) is 5.56 Å². The lowest BCUT2D eigenvalue weighted by Gasteiger charge is -2.07. The van der Waals surface area contributed by atoms with Crippen LogP contribution in [-0.4, -0.2) is 17.8 Å². The molecule has 4 nitrogen and oxygen atoms in total. The SMILES string of the molecule is CCOCCCn1cc(N)cc(Br)c1=O. The van der Waals surface area contributed by atoms with Gasteiger partial charge in [-0.05, 0) is 35.3 Å². The second-order valence-electron chi connectivity index (χ2n) is 3.17. The minimum atomic E-state index is -0.0549. The molecule has 15 heavy (non-hydrogen) atoms. The molecule has 0 aliphatic carbocycles. The van der Waals surface area contributed by atoms with Gasteiger partial charge in [0.2, 0.25) is 0 Å². The Morgan fingerprint density at radius 3 is 3.00 bits per heavy atom. The summed E-state index contributed by atoms with van der Waals surface area (Å²) in [7, 11) is 0. The fraction of sp³-hybridized carbons (Fsp3) is 0.500. The summed E-state index contributed by atoms with van der Waals surface area (Å²) in [5.74, 6) is 0. The monoisotopic (exact) mass is 274 g/mol. The van der Waals surface area contributed by atoms with Gasteiger partial charge in [0.1, 0.15) is 0 Å². The molecular weight excluding hydrogens is 260 g/mol. The summed E-state index contributed by atoms with van der Waals surface area (Å²) >= 11 is 3.17. The first kappa shape index (κ1) is 12.3. The average molecular weight is 275 g/mol. The third kappa shape index (κ3) is 3.68. The van der Waals surface area contributed by atoms with E-state index in [1.54, 1.807) is 16.8 Å². The Kier molecular flexibility index (Phi) is 4.84. The average Bonchev–Trinajstić information content (AvgIpc) is 2.19. The summed E-state index contributed by atoms with van der Waals surface area (Å²) in [6, 6.07) is 1.61. The molecule has 0 bridgehead atoms. The highest BCUT2D eigenvalue weighted by Gasteiger charge is 2.02. The zero-order chi connectivity index (χ0) is 11.3. The molecule has 0 aromatic carbocycles. The fourth-order valence-electron chi connectivity index (χ4n) is 1.27. The van der Waals surface area contributed by atoms with Crippen LogP contribution in [0.15, 0.2) is 21.5 Å². The van der Waals surface area contributed by atoms with Crippen molar-refractivity contribution in [3.63, 3.8) is 0 Å². The molecule has 0 saturated heterocycles. The van der Waals surface area contributed by atoms with E-state index in [9.17, 15) is 4.79 Å². The number of nitrogens with two attached hydrogens (primary N) is 1. The molecule has 0 aliphatic rings. The van der Waals surface area contributed by atoms with Crippen LogP contribution in [0.3, 0.4) is 0 Å². The van der Waals surface area contributed by atoms with E-state index < -0.39 is 0 Å². The lowest BCUT2D eigenvalue weighted by molar-refractivity contribution is 0.141. The first-order chi connectivity index (χ1) is 7.15. The molecule has 0 amide bonds. The molecular formula is C10H15BrN2O2. The Balaban J connectivity index is 2.64. The second kappa shape index (κ2) is 5.92. The van der Waals surface area contributed by atoms with Crippen LogP contribution < -0.4 is 11.3 Å². The number of pyridine rings is 1. The summed E-state index contributed by atoms with van der Waals surface area (Å²) in [4.78, 5) is 11.6. The molecule has 5 heteroatoms. The molecule has 0 spiro atoms. The summed E-state index contributed by atoms with van der Waals surface area (Å²) in [5.41, 5.74) is 6.16. The standard InChI is InChI=1S/C10H15BrN2O2/c1-2-15-5-3-4-13-7-8(12)6-9(11)10(13)14/h6-7H,2-5,12H2,1H3. The van der Waals surface area contributed by atoms with Gasteiger partial charge in [-0.15, -0.1) is 0 Å². The molecule has 0 unspecified atom stereocenters. The number of aromatic nitrogens is 1. The van der Waals surface area contributed by atoms with Crippen molar-refractivity contribution < 1.29 is 4.74 Å². The van der Waals surface area contributed by atoms with Crippen molar-refractivity contribution in [1.29, 1.82) is 0 Å². The van der Waals surface area contributed by atoms with Gasteiger partial charge in [-0.2, -0.15) is 0 Å². The highest BCUT2D eigenvalue weighted by Crippen LogP contribution is 2.08. The van der Waals surface area contributed by atoms with E-state index in [0.29, 0.717) is 29.9 Å². The number of rotatable bonds is 5. The van der Waals surface area contributed by atoms with Crippen LogP contribution in [0.1, 0.15) is 13.3 Å². The number of ether oxygens (including phenoxy) is 1. The largest absolute Gasteiger partial charge is 0.398 e. The van der Waals surface area contributed by atoms with Gasteiger partial charge in [0.05, 0.1) is 4.47 Å². The van der Waals surface area contributed by atoms with Crippen molar-refractivity contribution in [3.8, 4) is 0 Å². The molecule has 0 radical (unpaired) electrons. The van der Waals surface area contributed by atoms with Crippen LogP contribution in [0, 0.1) is 0 Å². The molecule has 0 aliphatic heterocycles. The van der Waals surface area contributed by atoms with Gasteiger partial charge in [0.25, 0.3) is 5.56 Å². The molecule has 0 saturated carbocycles. The van der Waals surface area contributed by atoms with E-state index in [4.69, 9.17) is 10.5 Å². The maximum absolute atomic E-state index is 11.6. The first-order valence-electron chi connectivity index (χ1n) is 4.88.